The van der Waals surface area contributed by atoms with Gasteiger partial charge in [0.2, 0.25) is 0 Å². The van der Waals surface area contributed by atoms with Crippen LogP contribution < -0.4 is 5.32 Å². The summed E-state index contributed by atoms with van der Waals surface area (Å²) in [4.78, 5) is 0. The SMILES string of the molecule is C1COCC(c2nn[nH]n2)N1.Cl. The number of aromatic amines is 1. The quantitative estimate of drug-likeness (QED) is 0.613. The fourth-order valence-corrected chi connectivity index (χ4v) is 1.05. The van der Waals surface area contributed by atoms with Gasteiger partial charge in [-0.05, 0) is 0 Å². The Morgan fingerprint density at radius 1 is 1.50 bits per heavy atom. The molecule has 68 valence electrons. The standard InChI is InChI=1S/C5H9N5O.ClH/c1-2-11-3-4(6-1)5-7-9-10-8-5;/h4,6H,1-3H2,(H,7,8,9,10);1H. The molecule has 12 heavy (non-hydrogen) atoms. The summed E-state index contributed by atoms with van der Waals surface area (Å²) in [6.07, 6.45) is 0. The van der Waals surface area contributed by atoms with Crippen LogP contribution in [0.5, 0.6) is 0 Å². The van der Waals surface area contributed by atoms with Crippen molar-refractivity contribution in [3.8, 4) is 0 Å². The number of morpholine rings is 1. The van der Waals surface area contributed by atoms with Crippen molar-refractivity contribution in [1.29, 1.82) is 0 Å². The molecule has 2 heterocycles. The van der Waals surface area contributed by atoms with Crippen molar-refractivity contribution in [3.05, 3.63) is 5.82 Å². The predicted molar refractivity (Wildman–Crippen MR) is 43.0 cm³/mol. The molecule has 2 N–H and O–H groups in total. The van der Waals surface area contributed by atoms with Crippen molar-refractivity contribution in [2.45, 2.75) is 6.04 Å². The van der Waals surface area contributed by atoms with Gasteiger partial charge in [0.25, 0.3) is 0 Å². The van der Waals surface area contributed by atoms with Crippen molar-refractivity contribution in [2.24, 2.45) is 0 Å². The first-order valence-corrected chi connectivity index (χ1v) is 3.51. The van der Waals surface area contributed by atoms with E-state index in [0.717, 1.165) is 13.2 Å². The van der Waals surface area contributed by atoms with Gasteiger partial charge in [-0.2, -0.15) is 5.21 Å². The van der Waals surface area contributed by atoms with Gasteiger partial charge in [0, 0.05) is 6.54 Å². The zero-order chi connectivity index (χ0) is 7.52. The van der Waals surface area contributed by atoms with Gasteiger partial charge in [0.05, 0.1) is 19.3 Å². The molecular formula is C5H10ClN5O. The van der Waals surface area contributed by atoms with E-state index in [-0.39, 0.29) is 18.4 Å². The number of ether oxygens (including phenoxy) is 1. The minimum Gasteiger partial charge on any atom is -0.378 e. The molecule has 0 aliphatic carbocycles. The van der Waals surface area contributed by atoms with Crippen LogP contribution in [0.3, 0.4) is 0 Å². The number of nitrogens with one attached hydrogen (secondary N) is 2. The van der Waals surface area contributed by atoms with Crippen LogP contribution in [0, 0.1) is 0 Å². The maximum absolute atomic E-state index is 5.22. The van der Waals surface area contributed by atoms with E-state index >= 15 is 0 Å². The highest BCUT2D eigenvalue weighted by molar-refractivity contribution is 5.85. The molecule has 0 spiro atoms. The Labute approximate surface area is 75.5 Å². The molecule has 1 saturated heterocycles. The van der Waals surface area contributed by atoms with Gasteiger partial charge in [-0.25, -0.2) is 0 Å². The third-order valence-corrected chi connectivity index (χ3v) is 1.60. The number of aromatic nitrogens is 4. The second-order valence-electron chi connectivity index (χ2n) is 2.35. The van der Waals surface area contributed by atoms with Crippen LogP contribution in [0.4, 0.5) is 0 Å². The van der Waals surface area contributed by atoms with Gasteiger partial charge < -0.3 is 10.1 Å². The molecule has 1 fully saturated rings. The lowest BCUT2D eigenvalue weighted by molar-refractivity contribution is 0.0742. The van der Waals surface area contributed by atoms with E-state index in [2.05, 4.69) is 25.9 Å². The number of nitrogens with zero attached hydrogens (tertiary/aromatic N) is 3. The maximum atomic E-state index is 5.22. The minimum absolute atomic E-state index is 0. The van der Waals surface area contributed by atoms with Gasteiger partial charge in [-0.3, -0.25) is 0 Å². The van der Waals surface area contributed by atoms with E-state index in [0.29, 0.717) is 12.4 Å². The van der Waals surface area contributed by atoms with E-state index < -0.39 is 0 Å². The first kappa shape index (κ1) is 9.37. The molecule has 6 nitrogen and oxygen atoms in total. The topological polar surface area (TPSA) is 75.7 Å². The van der Waals surface area contributed by atoms with E-state index in [4.69, 9.17) is 4.74 Å². The fraction of sp³-hybridized carbons (Fsp3) is 0.800. The Bertz CT molecular complexity index is 210. The fourth-order valence-electron chi connectivity index (χ4n) is 1.05. The minimum atomic E-state index is 0. The summed E-state index contributed by atoms with van der Waals surface area (Å²) < 4.78 is 5.22. The summed E-state index contributed by atoms with van der Waals surface area (Å²) in [5, 5.41) is 16.8. The molecule has 1 aromatic heterocycles. The van der Waals surface area contributed by atoms with E-state index in [1.807, 2.05) is 0 Å². The normalized spacial score (nSPS) is 23.2. The molecule has 2 rings (SSSR count). The molecular weight excluding hydrogens is 182 g/mol. The number of hydrogen-bond acceptors (Lipinski definition) is 5. The maximum Gasteiger partial charge on any atom is 0.193 e. The van der Waals surface area contributed by atoms with Crippen molar-refractivity contribution in [3.63, 3.8) is 0 Å². The van der Waals surface area contributed by atoms with Crippen molar-refractivity contribution < 1.29 is 4.74 Å². The molecule has 0 saturated carbocycles. The lowest BCUT2D eigenvalue weighted by Gasteiger charge is -2.20. The number of rotatable bonds is 1. The highest BCUT2D eigenvalue weighted by Gasteiger charge is 2.18. The first-order chi connectivity index (χ1) is 5.47. The predicted octanol–water partition coefficient (Wildman–Crippen LogP) is -0.718. The Morgan fingerprint density at radius 3 is 3.00 bits per heavy atom. The molecule has 1 aliphatic heterocycles. The first-order valence-electron chi connectivity index (χ1n) is 3.51. The number of halogens is 1. The summed E-state index contributed by atoms with van der Waals surface area (Å²) in [5.41, 5.74) is 0. The second-order valence-corrected chi connectivity index (χ2v) is 2.35. The molecule has 1 unspecified atom stereocenters. The third-order valence-electron chi connectivity index (χ3n) is 1.60. The van der Waals surface area contributed by atoms with Crippen LogP contribution in [0.15, 0.2) is 0 Å². The lowest BCUT2D eigenvalue weighted by Crippen LogP contribution is -2.35. The average Bonchev–Trinajstić information content (AvgIpc) is 2.58. The van der Waals surface area contributed by atoms with Crippen LogP contribution in [0.25, 0.3) is 0 Å². The van der Waals surface area contributed by atoms with E-state index in [9.17, 15) is 0 Å². The lowest BCUT2D eigenvalue weighted by atomic mass is 10.3. The summed E-state index contributed by atoms with van der Waals surface area (Å²) >= 11 is 0. The van der Waals surface area contributed by atoms with Crippen molar-refractivity contribution in [2.75, 3.05) is 19.8 Å². The molecule has 1 atom stereocenters. The van der Waals surface area contributed by atoms with Crippen molar-refractivity contribution in [1.82, 2.24) is 25.9 Å². The van der Waals surface area contributed by atoms with Crippen LogP contribution in [0.2, 0.25) is 0 Å². The molecule has 1 aliphatic rings. The van der Waals surface area contributed by atoms with Gasteiger partial charge in [0.1, 0.15) is 0 Å². The zero-order valence-electron chi connectivity index (χ0n) is 6.36. The van der Waals surface area contributed by atoms with Crippen molar-refractivity contribution >= 4 is 12.4 Å². The Balaban J connectivity index is 0.000000720. The largest absolute Gasteiger partial charge is 0.378 e. The number of tetrazole rings is 1. The number of hydrogen-bond donors (Lipinski definition) is 2. The average molecular weight is 192 g/mol. The molecule has 0 radical (unpaired) electrons. The van der Waals surface area contributed by atoms with Crippen LogP contribution in [0.1, 0.15) is 11.9 Å². The highest BCUT2D eigenvalue weighted by atomic mass is 35.5. The summed E-state index contributed by atoms with van der Waals surface area (Å²) in [7, 11) is 0. The Morgan fingerprint density at radius 2 is 2.42 bits per heavy atom. The van der Waals surface area contributed by atoms with Gasteiger partial charge in [0.15, 0.2) is 5.82 Å². The third kappa shape index (κ3) is 1.90. The molecule has 0 aromatic carbocycles. The van der Waals surface area contributed by atoms with Gasteiger partial charge in [-0.1, -0.05) is 5.21 Å². The van der Waals surface area contributed by atoms with Crippen LogP contribution in [-0.4, -0.2) is 40.4 Å². The summed E-state index contributed by atoms with van der Waals surface area (Å²) in [6, 6.07) is 0.0995. The monoisotopic (exact) mass is 191 g/mol. The molecule has 0 bridgehead atoms. The second kappa shape index (κ2) is 4.34. The Hall–Kier alpha value is -0.720. The molecule has 7 heteroatoms. The van der Waals surface area contributed by atoms with Crippen LogP contribution in [-0.2, 0) is 4.74 Å². The number of H-pyrrole nitrogens is 1. The molecule has 1 aromatic rings. The zero-order valence-corrected chi connectivity index (χ0v) is 7.17. The van der Waals surface area contributed by atoms with Gasteiger partial charge in [-0.15, -0.1) is 22.6 Å². The van der Waals surface area contributed by atoms with E-state index in [1.54, 1.807) is 0 Å². The highest BCUT2D eigenvalue weighted by Crippen LogP contribution is 2.07. The van der Waals surface area contributed by atoms with Crippen LogP contribution >= 0.6 is 12.4 Å². The smallest absolute Gasteiger partial charge is 0.193 e. The summed E-state index contributed by atoms with van der Waals surface area (Å²) in [6.45, 7) is 2.23. The molecule has 0 amide bonds. The van der Waals surface area contributed by atoms with E-state index in [1.165, 1.54) is 0 Å². The summed E-state index contributed by atoms with van der Waals surface area (Å²) in [5.74, 6) is 0.671. The van der Waals surface area contributed by atoms with Gasteiger partial charge >= 0.3 is 0 Å². The Kier molecular flexibility index (Phi) is 3.39.